The Morgan fingerprint density at radius 1 is 1.17 bits per heavy atom. The summed E-state index contributed by atoms with van der Waals surface area (Å²) in [5.74, 6) is 0.343. The zero-order valence-corrected chi connectivity index (χ0v) is 17.8. The summed E-state index contributed by atoms with van der Waals surface area (Å²) in [7, 11) is 2.21. The first-order chi connectivity index (χ1) is 14.0. The maximum Gasteiger partial charge on any atom is 0.251 e. The highest BCUT2D eigenvalue weighted by Crippen LogP contribution is 2.25. The average Bonchev–Trinajstić information content (AvgIpc) is 2.77. The minimum Gasteiger partial charge on any atom is -0.371 e. The SMILES string of the molecule is CCc1ccc(C(CC)CN(C)C2CCN(c3ccc(C#N)cc3)CC2)[nH]c1=O. The van der Waals surface area contributed by atoms with Crippen LogP contribution in [0, 0.1) is 11.3 Å². The van der Waals surface area contributed by atoms with Crippen molar-refractivity contribution in [1.29, 1.82) is 5.26 Å². The number of hydrogen-bond donors (Lipinski definition) is 1. The molecule has 29 heavy (non-hydrogen) atoms. The number of nitriles is 1. The number of H-pyrrole nitrogens is 1. The predicted octanol–water partition coefficient (Wildman–Crippen LogP) is 3.90. The molecule has 1 unspecified atom stereocenters. The Morgan fingerprint density at radius 3 is 2.41 bits per heavy atom. The molecule has 1 aromatic heterocycles. The largest absolute Gasteiger partial charge is 0.371 e. The zero-order chi connectivity index (χ0) is 20.8. The second-order valence-electron chi connectivity index (χ2n) is 8.04. The number of anilines is 1. The van der Waals surface area contributed by atoms with Gasteiger partial charge in [-0.05, 0) is 63.1 Å². The molecule has 5 heteroatoms. The highest BCUT2D eigenvalue weighted by atomic mass is 16.1. The van der Waals surface area contributed by atoms with E-state index < -0.39 is 0 Å². The number of aromatic nitrogens is 1. The van der Waals surface area contributed by atoms with Crippen LogP contribution in [0.2, 0.25) is 0 Å². The van der Waals surface area contributed by atoms with Crippen LogP contribution in [0.4, 0.5) is 5.69 Å². The van der Waals surface area contributed by atoms with Gasteiger partial charge in [0.1, 0.15) is 0 Å². The number of likely N-dealkylation sites (N-methyl/N-ethyl adjacent to an activating group) is 1. The van der Waals surface area contributed by atoms with E-state index in [1.165, 1.54) is 5.69 Å². The molecule has 1 fully saturated rings. The van der Waals surface area contributed by atoms with Gasteiger partial charge >= 0.3 is 0 Å². The molecule has 1 aliphatic heterocycles. The van der Waals surface area contributed by atoms with E-state index in [1.54, 1.807) is 0 Å². The van der Waals surface area contributed by atoms with E-state index in [0.717, 1.165) is 56.6 Å². The maximum absolute atomic E-state index is 12.2. The van der Waals surface area contributed by atoms with Gasteiger partial charge in [-0.1, -0.05) is 19.9 Å². The van der Waals surface area contributed by atoms with Crippen LogP contribution in [-0.4, -0.2) is 42.6 Å². The summed E-state index contributed by atoms with van der Waals surface area (Å²) in [5.41, 5.74) is 3.87. The van der Waals surface area contributed by atoms with Gasteiger partial charge in [0.05, 0.1) is 11.6 Å². The fourth-order valence-electron chi connectivity index (χ4n) is 4.29. The highest BCUT2D eigenvalue weighted by molar-refractivity contribution is 5.50. The molecule has 2 heterocycles. The van der Waals surface area contributed by atoms with Crippen molar-refractivity contribution in [2.24, 2.45) is 0 Å². The molecule has 0 amide bonds. The summed E-state index contributed by atoms with van der Waals surface area (Å²) in [6.07, 6.45) is 4.02. The monoisotopic (exact) mass is 392 g/mol. The molecule has 1 atom stereocenters. The Balaban J connectivity index is 1.58. The molecule has 1 aromatic carbocycles. The van der Waals surface area contributed by atoms with Crippen LogP contribution in [0.5, 0.6) is 0 Å². The molecule has 154 valence electrons. The van der Waals surface area contributed by atoms with Gasteiger partial charge in [-0.25, -0.2) is 0 Å². The van der Waals surface area contributed by atoms with Gasteiger partial charge in [0.25, 0.3) is 5.56 Å². The molecule has 0 aliphatic carbocycles. The number of aryl methyl sites for hydroxylation is 1. The lowest BCUT2D eigenvalue weighted by Gasteiger charge is -2.39. The lowest BCUT2D eigenvalue weighted by atomic mass is 9.97. The van der Waals surface area contributed by atoms with Gasteiger partial charge in [0.2, 0.25) is 0 Å². The maximum atomic E-state index is 12.2. The Morgan fingerprint density at radius 2 is 1.86 bits per heavy atom. The summed E-state index contributed by atoms with van der Waals surface area (Å²) >= 11 is 0. The van der Waals surface area contributed by atoms with Crippen LogP contribution in [0.15, 0.2) is 41.2 Å². The molecule has 0 bridgehead atoms. The third-order valence-electron chi connectivity index (χ3n) is 6.28. The van der Waals surface area contributed by atoms with Crippen molar-refractivity contribution in [1.82, 2.24) is 9.88 Å². The van der Waals surface area contributed by atoms with Crippen molar-refractivity contribution in [2.75, 3.05) is 31.6 Å². The quantitative estimate of drug-likeness (QED) is 0.776. The molecule has 0 spiro atoms. The fraction of sp³-hybridized carbons (Fsp3) is 0.500. The van der Waals surface area contributed by atoms with E-state index in [9.17, 15) is 4.79 Å². The van der Waals surface area contributed by atoms with Crippen LogP contribution in [-0.2, 0) is 6.42 Å². The number of nitrogens with one attached hydrogen (secondary N) is 1. The number of hydrogen-bond acceptors (Lipinski definition) is 4. The number of rotatable bonds is 7. The van der Waals surface area contributed by atoms with E-state index in [1.807, 2.05) is 37.3 Å². The van der Waals surface area contributed by atoms with Gasteiger partial charge < -0.3 is 14.8 Å². The van der Waals surface area contributed by atoms with Gasteiger partial charge in [-0.2, -0.15) is 5.26 Å². The molecule has 0 saturated carbocycles. The molecule has 1 N–H and O–H groups in total. The smallest absolute Gasteiger partial charge is 0.251 e. The average molecular weight is 393 g/mol. The van der Waals surface area contributed by atoms with Gasteiger partial charge in [0.15, 0.2) is 0 Å². The number of benzene rings is 1. The molecule has 1 saturated heterocycles. The molecule has 5 nitrogen and oxygen atoms in total. The highest BCUT2D eigenvalue weighted by Gasteiger charge is 2.25. The van der Waals surface area contributed by atoms with Crippen molar-refractivity contribution in [2.45, 2.75) is 51.5 Å². The summed E-state index contributed by atoms with van der Waals surface area (Å²) in [5, 5.41) is 8.96. The second kappa shape index (κ2) is 9.76. The van der Waals surface area contributed by atoms with Crippen LogP contribution in [0.25, 0.3) is 0 Å². The number of aromatic amines is 1. The third-order valence-corrected chi connectivity index (χ3v) is 6.28. The second-order valence-corrected chi connectivity index (χ2v) is 8.04. The lowest BCUT2D eigenvalue weighted by molar-refractivity contribution is 0.194. The first-order valence-electron chi connectivity index (χ1n) is 10.7. The standard InChI is InChI=1S/C24H32N4O/c1-4-19-8-11-23(26-24(19)29)20(5-2)17-27(3)21-12-14-28(15-13-21)22-9-6-18(16-25)7-10-22/h6-11,20-21H,4-5,12-15,17H2,1-3H3,(H,26,29). The number of nitrogens with zero attached hydrogens (tertiary/aromatic N) is 3. The Bertz CT molecular complexity index is 888. The summed E-state index contributed by atoms with van der Waals surface area (Å²) in [6, 6.07) is 14.7. The van der Waals surface area contributed by atoms with Crippen LogP contribution < -0.4 is 10.5 Å². The first kappa shape index (κ1) is 21.1. The number of piperidine rings is 1. The van der Waals surface area contributed by atoms with Gasteiger partial charge in [-0.3, -0.25) is 4.79 Å². The van der Waals surface area contributed by atoms with Gasteiger partial charge in [0, 0.05) is 48.5 Å². The number of pyridine rings is 1. The van der Waals surface area contributed by atoms with Crippen molar-refractivity contribution >= 4 is 5.69 Å². The molecule has 1 aliphatic rings. The Kier molecular flexibility index (Phi) is 7.11. The molecule has 0 radical (unpaired) electrons. The molecule has 3 rings (SSSR count). The lowest BCUT2D eigenvalue weighted by Crippen LogP contribution is -2.44. The van der Waals surface area contributed by atoms with Crippen molar-refractivity contribution < 1.29 is 0 Å². The minimum absolute atomic E-state index is 0.0572. The topological polar surface area (TPSA) is 63.1 Å². The van der Waals surface area contributed by atoms with Crippen LogP contribution in [0.3, 0.4) is 0 Å². The van der Waals surface area contributed by atoms with Gasteiger partial charge in [-0.15, -0.1) is 0 Å². The third kappa shape index (κ3) is 5.07. The Hall–Kier alpha value is -2.58. The van der Waals surface area contributed by atoms with Crippen molar-refractivity contribution in [3.05, 3.63) is 63.6 Å². The fourth-order valence-corrected chi connectivity index (χ4v) is 4.29. The van der Waals surface area contributed by atoms with E-state index >= 15 is 0 Å². The summed E-state index contributed by atoms with van der Waals surface area (Å²) in [4.78, 5) is 20.2. The van der Waals surface area contributed by atoms with E-state index in [0.29, 0.717) is 17.5 Å². The van der Waals surface area contributed by atoms with Crippen LogP contribution >= 0.6 is 0 Å². The van der Waals surface area contributed by atoms with Crippen molar-refractivity contribution in [3.8, 4) is 6.07 Å². The molecular formula is C24H32N4O. The van der Waals surface area contributed by atoms with E-state index in [2.05, 4.69) is 40.9 Å². The zero-order valence-electron chi connectivity index (χ0n) is 17.8. The predicted molar refractivity (Wildman–Crippen MR) is 118 cm³/mol. The van der Waals surface area contributed by atoms with E-state index in [-0.39, 0.29) is 5.56 Å². The van der Waals surface area contributed by atoms with Crippen LogP contribution in [0.1, 0.15) is 55.8 Å². The summed E-state index contributed by atoms with van der Waals surface area (Å²) < 4.78 is 0. The Labute approximate surface area is 174 Å². The normalized spacial score (nSPS) is 16.0. The van der Waals surface area contributed by atoms with E-state index in [4.69, 9.17) is 5.26 Å². The minimum atomic E-state index is 0.0572. The summed E-state index contributed by atoms with van der Waals surface area (Å²) in [6.45, 7) is 7.22. The first-order valence-corrected chi connectivity index (χ1v) is 10.7. The molecular weight excluding hydrogens is 360 g/mol. The molecule has 2 aromatic rings. The van der Waals surface area contributed by atoms with Crippen molar-refractivity contribution in [3.63, 3.8) is 0 Å².